The van der Waals surface area contributed by atoms with Gasteiger partial charge in [0.05, 0.1) is 30.4 Å². The molecule has 0 aliphatic carbocycles. The first-order valence-corrected chi connectivity index (χ1v) is 5.99. The van der Waals surface area contributed by atoms with Gasteiger partial charge in [0.2, 0.25) is 0 Å². The summed E-state index contributed by atoms with van der Waals surface area (Å²) in [6, 6.07) is 12.1. The van der Waals surface area contributed by atoms with Crippen molar-refractivity contribution in [3.05, 3.63) is 54.2 Å². The van der Waals surface area contributed by atoms with Gasteiger partial charge in [0.25, 0.3) is 0 Å². The number of imidazole rings is 1. The molecular formula is C14H15N3O. The van der Waals surface area contributed by atoms with Gasteiger partial charge in [0.1, 0.15) is 11.6 Å². The molecule has 3 rings (SSSR count). The van der Waals surface area contributed by atoms with E-state index in [1.54, 1.807) is 6.26 Å². The van der Waals surface area contributed by atoms with Crippen molar-refractivity contribution in [3.8, 4) is 0 Å². The minimum atomic E-state index is 0.713. The summed E-state index contributed by atoms with van der Waals surface area (Å²) in [6.45, 7) is 1.46. The maximum atomic E-state index is 5.42. The number of nitrogens with zero attached hydrogens (tertiary/aromatic N) is 2. The molecule has 1 aromatic carbocycles. The van der Waals surface area contributed by atoms with Gasteiger partial charge in [-0.2, -0.15) is 0 Å². The van der Waals surface area contributed by atoms with Crippen molar-refractivity contribution in [1.82, 2.24) is 14.9 Å². The highest BCUT2D eigenvalue weighted by Crippen LogP contribution is 2.18. The van der Waals surface area contributed by atoms with Crippen LogP contribution in [0.3, 0.4) is 0 Å². The Morgan fingerprint density at radius 3 is 2.89 bits per heavy atom. The minimum absolute atomic E-state index is 0.713. The van der Waals surface area contributed by atoms with Crippen LogP contribution in [0.2, 0.25) is 0 Å². The molecular weight excluding hydrogens is 226 g/mol. The van der Waals surface area contributed by atoms with Crippen LogP contribution in [0.1, 0.15) is 11.6 Å². The number of furan rings is 1. The molecule has 3 aromatic rings. The van der Waals surface area contributed by atoms with E-state index in [2.05, 4.69) is 20.9 Å². The van der Waals surface area contributed by atoms with Gasteiger partial charge in [-0.25, -0.2) is 4.98 Å². The second kappa shape index (κ2) is 4.66. The van der Waals surface area contributed by atoms with Crippen molar-refractivity contribution in [2.24, 2.45) is 0 Å². The van der Waals surface area contributed by atoms with Gasteiger partial charge >= 0.3 is 0 Å². The molecule has 0 amide bonds. The topological polar surface area (TPSA) is 43.0 Å². The number of hydrogen-bond donors (Lipinski definition) is 1. The van der Waals surface area contributed by atoms with Crippen molar-refractivity contribution in [2.75, 3.05) is 7.05 Å². The zero-order valence-electron chi connectivity index (χ0n) is 10.3. The van der Waals surface area contributed by atoms with Crippen LogP contribution < -0.4 is 5.32 Å². The first-order valence-electron chi connectivity index (χ1n) is 5.99. The average Bonchev–Trinajstić information content (AvgIpc) is 3.00. The van der Waals surface area contributed by atoms with Crippen LogP contribution in [0.25, 0.3) is 11.0 Å². The molecule has 2 aromatic heterocycles. The molecule has 0 bridgehead atoms. The fourth-order valence-corrected chi connectivity index (χ4v) is 2.15. The molecule has 0 radical (unpaired) electrons. The normalized spacial score (nSPS) is 11.2. The van der Waals surface area contributed by atoms with Crippen LogP contribution in [0, 0.1) is 0 Å². The molecule has 0 spiro atoms. The number of aromatic nitrogens is 2. The third-order valence-electron chi connectivity index (χ3n) is 2.96. The van der Waals surface area contributed by atoms with E-state index >= 15 is 0 Å². The molecule has 0 fully saturated rings. The average molecular weight is 241 g/mol. The highest BCUT2D eigenvalue weighted by atomic mass is 16.3. The summed E-state index contributed by atoms with van der Waals surface area (Å²) in [5, 5.41) is 3.15. The first-order chi connectivity index (χ1) is 8.88. The fourth-order valence-electron chi connectivity index (χ4n) is 2.15. The van der Waals surface area contributed by atoms with Crippen molar-refractivity contribution in [2.45, 2.75) is 13.1 Å². The number of benzene rings is 1. The zero-order chi connectivity index (χ0) is 12.4. The van der Waals surface area contributed by atoms with E-state index < -0.39 is 0 Å². The molecule has 0 aliphatic heterocycles. The molecule has 1 N–H and O–H groups in total. The summed E-state index contributed by atoms with van der Waals surface area (Å²) in [4.78, 5) is 4.64. The van der Waals surface area contributed by atoms with Gasteiger partial charge in [0.15, 0.2) is 0 Å². The second-order valence-electron chi connectivity index (χ2n) is 4.21. The number of para-hydroxylation sites is 2. The molecule has 0 atom stereocenters. The van der Waals surface area contributed by atoms with Crippen LogP contribution in [-0.2, 0) is 13.1 Å². The van der Waals surface area contributed by atoms with Crippen molar-refractivity contribution in [3.63, 3.8) is 0 Å². The highest BCUT2D eigenvalue weighted by molar-refractivity contribution is 5.76. The Hall–Kier alpha value is -2.07. The van der Waals surface area contributed by atoms with Crippen molar-refractivity contribution < 1.29 is 4.42 Å². The Labute approximate surface area is 105 Å². The fraction of sp³-hybridized carbons (Fsp3) is 0.214. The summed E-state index contributed by atoms with van der Waals surface area (Å²) in [5.74, 6) is 1.96. The predicted octanol–water partition coefficient (Wildman–Crippen LogP) is 2.40. The van der Waals surface area contributed by atoms with Crippen LogP contribution in [0.4, 0.5) is 0 Å². The van der Waals surface area contributed by atoms with E-state index in [4.69, 9.17) is 4.42 Å². The van der Waals surface area contributed by atoms with Crippen LogP contribution >= 0.6 is 0 Å². The molecule has 92 valence electrons. The Bertz CT molecular complexity index is 640. The Morgan fingerprint density at radius 1 is 1.22 bits per heavy atom. The third kappa shape index (κ3) is 1.91. The number of rotatable bonds is 4. The Kier molecular flexibility index (Phi) is 2.86. The summed E-state index contributed by atoms with van der Waals surface area (Å²) in [7, 11) is 1.93. The highest BCUT2D eigenvalue weighted by Gasteiger charge is 2.10. The number of nitrogens with one attached hydrogen (secondary N) is 1. The first kappa shape index (κ1) is 11.0. The maximum Gasteiger partial charge on any atom is 0.124 e. The van der Waals surface area contributed by atoms with Gasteiger partial charge in [-0.05, 0) is 31.3 Å². The molecule has 0 unspecified atom stereocenters. The van der Waals surface area contributed by atoms with E-state index in [1.807, 2.05) is 37.4 Å². The number of hydrogen-bond acceptors (Lipinski definition) is 3. The van der Waals surface area contributed by atoms with E-state index in [9.17, 15) is 0 Å². The minimum Gasteiger partial charge on any atom is -0.467 e. The smallest absolute Gasteiger partial charge is 0.124 e. The Morgan fingerprint density at radius 2 is 2.11 bits per heavy atom. The lowest BCUT2D eigenvalue weighted by Crippen LogP contribution is -2.12. The molecule has 0 saturated heterocycles. The van der Waals surface area contributed by atoms with Crippen LogP contribution in [-0.4, -0.2) is 16.6 Å². The third-order valence-corrected chi connectivity index (χ3v) is 2.96. The molecule has 2 heterocycles. The van der Waals surface area contributed by atoms with Gasteiger partial charge in [-0.1, -0.05) is 12.1 Å². The summed E-state index contributed by atoms with van der Waals surface area (Å²) in [6.07, 6.45) is 1.70. The lowest BCUT2D eigenvalue weighted by atomic mass is 10.3. The lowest BCUT2D eigenvalue weighted by Gasteiger charge is -2.06. The predicted molar refractivity (Wildman–Crippen MR) is 70.3 cm³/mol. The van der Waals surface area contributed by atoms with E-state index in [1.165, 1.54) is 0 Å². The molecule has 0 aliphatic rings. The molecule has 4 nitrogen and oxygen atoms in total. The van der Waals surface area contributed by atoms with Gasteiger partial charge in [-0.3, -0.25) is 0 Å². The largest absolute Gasteiger partial charge is 0.467 e. The number of fused-ring (bicyclic) bond motifs is 1. The second-order valence-corrected chi connectivity index (χ2v) is 4.21. The lowest BCUT2D eigenvalue weighted by molar-refractivity contribution is 0.490. The SMILES string of the molecule is CNCc1nc2ccccc2n1Cc1ccco1. The standard InChI is InChI=1S/C14H15N3O/c1-15-9-14-16-12-6-2-3-7-13(12)17(14)10-11-5-4-8-18-11/h2-8,15H,9-10H2,1H3. The van der Waals surface area contributed by atoms with Gasteiger partial charge in [0, 0.05) is 0 Å². The molecule has 18 heavy (non-hydrogen) atoms. The summed E-state index contributed by atoms with van der Waals surface area (Å²) in [5.41, 5.74) is 2.16. The van der Waals surface area contributed by atoms with Crippen LogP contribution in [0.15, 0.2) is 47.1 Å². The molecule has 0 saturated carbocycles. The summed E-state index contributed by atoms with van der Waals surface area (Å²) < 4.78 is 7.61. The van der Waals surface area contributed by atoms with Crippen molar-refractivity contribution in [1.29, 1.82) is 0 Å². The van der Waals surface area contributed by atoms with E-state index in [0.29, 0.717) is 6.54 Å². The van der Waals surface area contributed by atoms with E-state index in [-0.39, 0.29) is 0 Å². The van der Waals surface area contributed by atoms with E-state index in [0.717, 1.165) is 29.2 Å². The maximum absolute atomic E-state index is 5.42. The molecule has 4 heteroatoms. The van der Waals surface area contributed by atoms with Crippen molar-refractivity contribution >= 4 is 11.0 Å². The Balaban J connectivity index is 2.09. The monoisotopic (exact) mass is 241 g/mol. The van der Waals surface area contributed by atoms with Crippen LogP contribution in [0.5, 0.6) is 0 Å². The quantitative estimate of drug-likeness (QED) is 0.762. The zero-order valence-corrected chi connectivity index (χ0v) is 10.3. The summed E-state index contributed by atoms with van der Waals surface area (Å²) >= 11 is 0. The van der Waals surface area contributed by atoms with Gasteiger partial charge in [-0.15, -0.1) is 0 Å². The van der Waals surface area contributed by atoms with Gasteiger partial charge < -0.3 is 14.3 Å².